The standard InChI is InChI=1S/C22H26N2O5S/c25-21(26)14-20(18-10-5-2-6-11-18)23-22(27)19-12-7-13-24(15-19)30(28,29)16-17-8-3-1-4-9-17/h1-6,8-11,19-20H,7,12-16H2,(H,23,27)(H,25,26)/t19-,20-/m0/s1. The minimum atomic E-state index is -3.54. The summed E-state index contributed by atoms with van der Waals surface area (Å²) < 4.78 is 27.0. The molecule has 0 unspecified atom stereocenters. The van der Waals surface area contributed by atoms with Crippen LogP contribution in [0.3, 0.4) is 0 Å². The van der Waals surface area contributed by atoms with Crippen molar-refractivity contribution in [2.75, 3.05) is 13.1 Å². The maximum atomic E-state index is 12.9. The van der Waals surface area contributed by atoms with Crippen LogP contribution in [-0.4, -0.2) is 42.8 Å². The number of aliphatic carboxylic acids is 1. The average molecular weight is 431 g/mol. The zero-order valence-corrected chi connectivity index (χ0v) is 17.4. The quantitative estimate of drug-likeness (QED) is 0.670. The zero-order valence-electron chi connectivity index (χ0n) is 16.6. The number of hydrogen-bond acceptors (Lipinski definition) is 4. The molecule has 2 atom stereocenters. The van der Waals surface area contributed by atoms with Crippen LogP contribution in [0.15, 0.2) is 60.7 Å². The van der Waals surface area contributed by atoms with Crippen molar-refractivity contribution in [2.24, 2.45) is 5.92 Å². The van der Waals surface area contributed by atoms with Gasteiger partial charge in [-0.25, -0.2) is 12.7 Å². The first kappa shape index (κ1) is 22.0. The van der Waals surface area contributed by atoms with Crippen LogP contribution in [0.25, 0.3) is 0 Å². The molecule has 1 heterocycles. The molecule has 1 fully saturated rings. The fourth-order valence-corrected chi connectivity index (χ4v) is 5.30. The second-order valence-electron chi connectivity index (χ2n) is 7.51. The Morgan fingerprint density at radius 1 is 1.07 bits per heavy atom. The summed E-state index contributed by atoms with van der Waals surface area (Å²) in [6, 6.07) is 17.2. The number of piperidine rings is 1. The van der Waals surface area contributed by atoms with Gasteiger partial charge in [0.15, 0.2) is 0 Å². The number of nitrogens with zero attached hydrogens (tertiary/aromatic N) is 1. The average Bonchev–Trinajstić information content (AvgIpc) is 2.74. The van der Waals surface area contributed by atoms with Crippen molar-refractivity contribution in [1.29, 1.82) is 0 Å². The van der Waals surface area contributed by atoms with Crippen molar-refractivity contribution < 1.29 is 23.1 Å². The SMILES string of the molecule is O=C(O)C[C@H](NC(=O)[C@H]1CCCN(S(=O)(=O)Cc2ccccc2)C1)c1ccccc1. The van der Waals surface area contributed by atoms with E-state index in [0.717, 1.165) is 0 Å². The Kier molecular flexibility index (Phi) is 7.23. The molecule has 2 N–H and O–H groups in total. The third kappa shape index (κ3) is 5.90. The van der Waals surface area contributed by atoms with Crippen molar-refractivity contribution >= 4 is 21.9 Å². The maximum Gasteiger partial charge on any atom is 0.305 e. The van der Waals surface area contributed by atoms with E-state index in [-0.39, 0.29) is 24.6 Å². The van der Waals surface area contributed by atoms with Gasteiger partial charge >= 0.3 is 5.97 Å². The molecule has 0 aromatic heterocycles. The normalized spacial score (nSPS) is 18.5. The van der Waals surface area contributed by atoms with Crippen molar-refractivity contribution in [1.82, 2.24) is 9.62 Å². The molecule has 1 aliphatic rings. The second kappa shape index (κ2) is 9.86. The Morgan fingerprint density at radius 3 is 2.33 bits per heavy atom. The minimum absolute atomic E-state index is 0.103. The highest BCUT2D eigenvalue weighted by Crippen LogP contribution is 2.24. The molecule has 2 aromatic carbocycles. The molecule has 160 valence electrons. The number of carboxylic acids is 1. The van der Waals surface area contributed by atoms with Gasteiger partial charge in [0, 0.05) is 13.1 Å². The summed E-state index contributed by atoms with van der Waals surface area (Å²) in [5, 5.41) is 12.0. The summed E-state index contributed by atoms with van der Waals surface area (Å²) in [5.74, 6) is -1.94. The molecule has 1 amide bonds. The first-order valence-corrected chi connectivity index (χ1v) is 11.5. The van der Waals surface area contributed by atoms with E-state index >= 15 is 0 Å². The van der Waals surface area contributed by atoms with Crippen LogP contribution in [0.4, 0.5) is 0 Å². The van der Waals surface area contributed by atoms with Crippen LogP contribution in [-0.2, 0) is 25.4 Å². The van der Waals surface area contributed by atoms with Gasteiger partial charge in [0.05, 0.1) is 24.1 Å². The molecule has 2 aromatic rings. The van der Waals surface area contributed by atoms with Gasteiger partial charge in [-0.3, -0.25) is 9.59 Å². The molecular formula is C22H26N2O5S. The molecule has 30 heavy (non-hydrogen) atoms. The number of nitrogens with one attached hydrogen (secondary N) is 1. The number of benzene rings is 2. The molecule has 1 aliphatic heterocycles. The predicted molar refractivity (Wildman–Crippen MR) is 113 cm³/mol. The van der Waals surface area contributed by atoms with E-state index in [0.29, 0.717) is 30.5 Å². The summed E-state index contributed by atoms with van der Waals surface area (Å²) >= 11 is 0. The van der Waals surface area contributed by atoms with Crippen LogP contribution >= 0.6 is 0 Å². The van der Waals surface area contributed by atoms with E-state index in [2.05, 4.69) is 5.32 Å². The Bertz CT molecular complexity index is 964. The van der Waals surface area contributed by atoms with Gasteiger partial charge in [-0.2, -0.15) is 0 Å². The molecule has 1 saturated heterocycles. The lowest BCUT2D eigenvalue weighted by Gasteiger charge is -2.32. The van der Waals surface area contributed by atoms with E-state index in [9.17, 15) is 23.1 Å². The fourth-order valence-electron chi connectivity index (χ4n) is 3.69. The topological polar surface area (TPSA) is 104 Å². The number of carbonyl (C=O) groups is 2. The van der Waals surface area contributed by atoms with E-state index < -0.39 is 28.0 Å². The minimum Gasteiger partial charge on any atom is -0.481 e. The Hall–Kier alpha value is -2.71. The molecule has 0 radical (unpaired) electrons. The van der Waals surface area contributed by atoms with Crippen molar-refractivity contribution in [3.05, 3.63) is 71.8 Å². The van der Waals surface area contributed by atoms with Gasteiger partial charge in [0.1, 0.15) is 0 Å². The van der Waals surface area contributed by atoms with Gasteiger partial charge < -0.3 is 10.4 Å². The maximum absolute atomic E-state index is 12.9. The van der Waals surface area contributed by atoms with Gasteiger partial charge in [0.2, 0.25) is 15.9 Å². The van der Waals surface area contributed by atoms with Crippen LogP contribution in [0.2, 0.25) is 0 Å². The molecule has 8 heteroatoms. The number of rotatable bonds is 8. The monoisotopic (exact) mass is 430 g/mol. The third-order valence-corrected chi connectivity index (χ3v) is 7.05. The summed E-state index contributed by atoms with van der Waals surface area (Å²) in [6.45, 7) is 0.492. The highest BCUT2D eigenvalue weighted by Gasteiger charge is 2.33. The second-order valence-corrected chi connectivity index (χ2v) is 9.48. The number of carboxylic acid groups (broad SMARTS) is 1. The first-order valence-electron chi connectivity index (χ1n) is 9.94. The fraction of sp³-hybridized carbons (Fsp3) is 0.364. The smallest absolute Gasteiger partial charge is 0.305 e. The van der Waals surface area contributed by atoms with Crippen LogP contribution in [0, 0.1) is 5.92 Å². The largest absolute Gasteiger partial charge is 0.481 e. The van der Waals surface area contributed by atoms with Crippen LogP contribution in [0.1, 0.15) is 36.4 Å². The molecule has 0 saturated carbocycles. The van der Waals surface area contributed by atoms with Crippen molar-refractivity contribution in [3.8, 4) is 0 Å². The molecule has 0 spiro atoms. The lowest BCUT2D eigenvalue weighted by molar-refractivity contribution is -0.138. The third-order valence-electron chi connectivity index (χ3n) is 5.24. The molecule has 3 rings (SSSR count). The Balaban J connectivity index is 1.67. The van der Waals surface area contributed by atoms with E-state index in [1.54, 1.807) is 48.5 Å². The van der Waals surface area contributed by atoms with E-state index in [4.69, 9.17) is 0 Å². The first-order chi connectivity index (χ1) is 14.3. The number of carbonyl (C=O) groups excluding carboxylic acids is 1. The Morgan fingerprint density at radius 2 is 1.70 bits per heavy atom. The molecular weight excluding hydrogens is 404 g/mol. The lowest BCUT2D eigenvalue weighted by Crippen LogP contribution is -2.46. The van der Waals surface area contributed by atoms with Gasteiger partial charge in [-0.1, -0.05) is 60.7 Å². The van der Waals surface area contributed by atoms with Gasteiger partial charge in [-0.15, -0.1) is 0 Å². The van der Waals surface area contributed by atoms with Crippen molar-refractivity contribution in [2.45, 2.75) is 31.1 Å². The van der Waals surface area contributed by atoms with Gasteiger partial charge in [0.25, 0.3) is 0 Å². The number of hydrogen-bond donors (Lipinski definition) is 2. The van der Waals surface area contributed by atoms with Crippen molar-refractivity contribution in [3.63, 3.8) is 0 Å². The van der Waals surface area contributed by atoms with Crippen LogP contribution < -0.4 is 5.32 Å². The van der Waals surface area contributed by atoms with E-state index in [1.165, 1.54) is 4.31 Å². The summed E-state index contributed by atoms with van der Waals surface area (Å²) in [4.78, 5) is 24.1. The van der Waals surface area contributed by atoms with Gasteiger partial charge in [-0.05, 0) is 24.0 Å². The molecule has 7 nitrogen and oxygen atoms in total. The molecule has 0 aliphatic carbocycles. The zero-order chi connectivity index (χ0) is 21.6. The number of sulfonamides is 1. The summed E-state index contributed by atoms with van der Waals surface area (Å²) in [7, 11) is -3.54. The lowest BCUT2D eigenvalue weighted by atomic mass is 9.97. The predicted octanol–water partition coefficient (Wildman–Crippen LogP) is 2.56. The van der Waals surface area contributed by atoms with E-state index in [1.807, 2.05) is 12.1 Å². The summed E-state index contributed by atoms with van der Waals surface area (Å²) in [5.41, 5.74) is 1.41. The number of amides is 1. The molecule has 0 bridgehead atoms. The highest BCUT2D eigenvalue weighted by molar-refractivity contribution is 7.88. The van der Waals surface area contributed by atoms with Crippen LogP contribution in [0.5, 0.6) is 0 Å². The summed E-state index contributed by atoms with van der Waals surface area (Å²) in [6.07, 6.45) is 0.914. The highest BCUT2D eigenvalue weighted by atomic mass is 32.2. The Labute approximate surface area is 176 Å².